The van der Waals surface area contributed by atoms with Crippen LogP contribution in [0.15, 0.2) is 35.1 Å². The summed E-state index contributed by atoms with van der Waals surface area (Å²) in [5, 5.41) is 12.9. The largest absolute Gasteiger partial charge is 0.392 e. The molecule has 0 saturated carbocycles. The number of aromatic nitrogens is 2. The van der Waals surface area contributed by atoms with Gasteiger partial charge >= 0.3 is 0 Å². The van der Waals surface area contributed by atoms with Crippen molar-refractivity contribution in [2.75, 3.05) is 0 Å². The fraction of sp³-hybridized carbons (Fsp3) is 0.182. The van der Waals surface area contributed by atoms with Crippen LogP contribution in [0, 0.1) is 5.82 Å². The minimum absolute atomic E-state index is 0.0528. The lowest BCUT2D eigenvalue weighted by Gasteiger charge is -2.03. The quantitative estimate of drug-likeness (QED) is 0.940. The zero-order chi connectivity index (χ0) is 11.5. The molecule has 0 radical (unpaired) electrons. The molecule has 0 amide bonds. The summed E-state index contributed by atoms with van der Waals surface area (Å²) in [6, 6.07) is 4.92. The van der Waals surface area contributed by atoms with E-state index in [9.17, 15) is 4.39 Å². The van der Waals surface area contributed by atoms with Gasteiger partial charge in [-0.1, -0.05) is 22.0 Å². The summed E-state index contributed by atoms with van der Waals surface area (Å²) in [7, 11) is 0. The predicted molar refractivity (Wildman–Crippen MR) is 61.4 cm³/mol. The van der Waals surface area contributed by atoms with Crippen molar-refractivity contribution in [2.45, 2.75) is 13.2 Å². The van der Waals surface area contributed by atoms with Gasteiger partial charge in [0.25, 0.3) is 0 Å². The second-order valence-corrected chi connectivity index (χ2v) is 4.36. The molecule has 3 nitrogen and oxygen atoms in total. The molecule has 0 aliphatic rings. The van der Waals surface area contributed by atoms with E-state index in [0.717, 1.165) is 5.56 Å². The Morgan fingerprint density at radius 3 is 2.88 bits per heavy atom. The van der Waals surface area contributed by atoms with Gasteiger partial charge < -0.3 is 5.11 Å². The van der Waals surface area contributed by atoms with E-state index in [1.807, 2.05) is 0 Å². The maximum absolute atomic E-state index is 13.5. The fourth-order valence-electron chi connectivity index (χ4n) is 1.40. The number of halogens is 2. The molecule has 1 aromatic heterocycles. The van der Waals surface area contributed by atoms with E-state index in [4.69, 9.17) is 5.11 Å². The van der Waals surface area contributed by atoms with E-state index in [0.29, 0.717) is 16.6 Å². The molecule has 0 aliphatic heterocycles. The summed E-state index contributed by atoms with van der Waals surface area (Å²) in [5.74, 6) is -0.268. The van der Waals surface area contributed by atoms with Crippen LogP contribution in [-0.4, -0.2) is 14.9 Å². The Labute approximate surface area is 101 Å². The first-order valence-electron chi connectivity index (χ1n) is 4.75. The Balaban J connectivity index is 2.20. The number of nitrogens with zero attached hydrogens (tertiary/aromatic N) is 2. The molecule has 0 atom stereocenters. The third kappa shape index (κ3) is 2.48. The standard InChI is InChI=1S/C11H10BrFN2O/c12-10-2-1-9(11(13)3-10)6-15-5-8(7-16)4-14-15/h1-5,16H,6-7H2. The van der Waals surface area contributed by atoms with Gasteiger partial charge in [0.1, 0.15) is 5.82 Å². The molecular weight excluding hydrogens is 275 g/mol. The van der Waals surface area contributed by atoms with Crippen molar-refractivity contribution in [3.8, 4) is 0 Å². The van der Waals surface area contributed by atoms with Gasteiger partial charge in [0, 0.05) is 21.8 Å². The molecule has 2 rings (SSSR count). The van der Waals surface area contributed by atoms with Crippen molar-refractivity contribution in [1.29, 1.82) is 0 Å². The van der Waals surface area contributed by atoms with E-state index in [2.05, 4.69) is 21.0 Å². The van der Waals surface area contributed by atoms with Crippen LogP contribution in [-0.2, 0) is 13.2 Å². The lowest BCUT2D eigenvalue weighted by molar-refractivity contribution is 0.281. The smallest absolute Gasteiger partial charge is 0.129 e. The Bertz CT molecular complexity index is 498. The topological polar surface area (TPSA) is 38.1 Å². The summed E-state index contributed by atoms with van der Waals surface area (Å²) in [6.45, 7) is 0.307. The SMILES string of the molecule is OCc1cnn(Cc2ccc(Br)cc2F)c1. The second kappa shape index (κ2) is 4.76. The Morgan fingerprint density at radius 1 is 1.44 bits per heavy atom. The summed E-state index contributed by atoms with van der Waals surface area (Å²) in [5.41, 5.74) is 1.29. The van der Waals surface area contributed by atoms with Crippen LogP contribution in [0.5, 0.6) is 0 Å². The van der Waals surface area contributed by atoms with Crippen LogP contribution >= 0.6 is 15.9 Å². The molecule has 0 saturated heterocycles. The van der Waals surface area contributed by atoms with Crippen molar-refractivity contribution >= 4 is 15.9 Å². The highest BCUT2D eigenvalue weighted by molar-refractivity contribution is 9.10. The van der Waals surface area contributed by atoms with Crippen LogP contribution in [0.3, 0.4) is 0 Å². The predicted octanol–water partition coefficient (Wildman–Crippen LogP) is 2.33. The van der Waals surface area contributed by atoms with Crippen LogP contribution < -0.4 is 0 Å². The molecule has 84 valence electrons. The van der Waals surface area contributed by atoms with E-state index < -0.39 is 0 Å². The van der Waals surface area contributed by atoms with Gasteiger partial charge in [0.2, 0.25) is 0 Å². The molecule has 1 N–H and O–H groups in total. The average molecular weight is 285 g/mol. The zero-order valence-electron chi connectivity index (χ0n) is 8.40. The van der Waals surface area contributed by atoms with Crippen LogP contribution in [0.1, 0.15) is 11.1 Å². The van der Waals surface area contributed by atoms with E-state index in [1.165, 1.54) is 6.07 Å². The van der Waals surface area contributed by atoms with Gasteiger partial charge in [-0.2, -0.15) is 5.10 Å². The minimum atomic E-state index is -0.268. The van der Waals surface area contributed by atoms with Gasteiger partial charge in [-0.25, -0.2) is 4.39 Å². The van der Waals surface area contributed by atoms with Crippen LogP contribution in [0.4, 0.5) is 4.39 Å². The molecule has 0 aliphatic carbocycles. The minimum Gasteiger partial charge on any atom is -0.392 e. The second-order valence-electron chi connectivity index (χ2n) is 3.44. The summed E-state index contributed by atoms with van der Waals surface area (Å²) in [6.07, 6.45) is 3.26. The normalized spacial score (nSPS) is 10.7. The fourth-order valence-corrected chi connectivity index (χ4v) is 1.73. The van der Waals surface area contributed by atoms with Gasteiger partial charge in [-0.15, -0.1) is 0 Å². The van der Waals surface area contributed by atoms with Crippen molar-refractivity contribution in [3.05, 3.63) is 52.0 Å². The highest BCUT2D eigenvalue weighted by Gasteiger charge is 2.04. The monoisotopic (exact) mass is 284 g/mol. The molecule has 0 spiro atoms. The Morgan fingerprint density at radius 2 is 2.25 bits per heavy atom. The third-order valence-corrected chi connectivity index (χ3v) is 2.71. The Kier molecular flexibility index (Phi) is 3.36. The molecular formula is C11H10BrFN2O. The maximum Gasteiger partial charge on any atom is 0.129 e. The third-order valence-electron chi connectivity index (χ3n) is 2.22. The van der Waals surface area contributed by atoms with Crippen molar-refractivity contribution in [3.63, 3.8) is 0 Å². The molecule has 1 aromatic carbocycles. The number of benzene rings is 1. The number of rotatable bonds is 3. The number of aliphatic hydroxyl groups excluding tert-OH is 1. The summed E-state index contributed by atoms with van der Waals surface area (Å²) in [4.78, 5) is 0. The number of aliphatic hydroxyl groups is 1. The zero-order valence-corrected chi connectivity index (χ0v) is 9.98. The molecule has 0 fully saturated rings. The summed E-state index contributed by atoms with van der Waals surface area (Å²) >= 11 is 3.20. The first-order chi connectivity index (χ1) is 7.69. The molecule has 5 heteroatoms. The average Bonchev–Trinajstić information content (AvgIpc) is 2.70. The molecule has 0 bridgehead atoms. The number of hydrogen-bond donors (Lipinski definition) is 1. The van der Waals surface area contributed by atoms with Gasteiger partial charge in [-0.3, -0.25) is 4.68 Å². The van der Waals surface area contributed by atoms with Crippen LogP contribution in [0.2, 0.25) is 0 Å². The highest BCUT2D eigenvalue weighted by Crippen LogP contribution is 2.16. The lowest BCUT2D eigenvalue weighted by Crippen LogP contribution is -2.02. The van der Waals surface area contributed by atoms with Crippen molar-refractivity contribution < 1.29 is 9.50 Å². The van der Waals surface area contributed by atoms with E-state index >= 15 is 0 Å². The number of hydrogen-bond acceptors (Lipinski definition) is 2. The first-order valence-corrected chi connectivity index (χ1v) is 5.54. The van der Waals surface area contributed by atoms with E-state index in [-0.39, 0.29) is 12.4 Å². The molecule has 0 unspecified atom stereocenters. The maximum atomic E-state index is 13.5. The highest BCUT2D eigenvalue weighted by atomic mass is 79.9. The summed E-state index contributed by atoms with van der Waals surface area (Å²) < 4.78 is 15.8. The molecule has 16 heavy (non-hydrogen) atoms. The van der Waals surface area contributed by atoms with Gasteiger partial charge in [0.05, 0.1) is 19.3 Å². The molecule has 2 aromatic rings. The molecule has 1 heterocycles. The van der Waals surface area contributed by atoms with E-state index in [1.54, 1.807) is 29.2 Å². The van der Waals surface area contributed by atoms with Gasteiger partial charge in [-0.05, 0) is 12.1 Å². The van der Waals surface area contributed by atoms with Crippen molar-refractivity contribution in [1.82, 2.24) is 9.78 Å². The van der Waals surface area contributed by atoms with Crippen molar-refractivity contribution in [2.24, 2.45) is 0 Å². The van der Waals surface area contributed by atoms with Crippen LogP contribution in [0.25, 0.3) is 0 Å². The lowest BCUT2D eigenvalue weighted by atomic mass is 10.2. The van der Waals surface area contributed by atoms with Gasteiger partial charge in [0.15, 0.2) is 0 Å². The first kappa shape index (κ1) is 11.3. The Hall–Kier alpha value is -1.20.